The number of benzene rings is 2. The fourth-order valence-electron chi connectivity index (χ4n) is 2.70. The van der Waals surface area contributed by atoms with E-state index in [9.17, 15) is 14.4 Å². The molecule has 3 amide bonds. The van der Waals surface area contributed by atoms with Gasteiger partial charge in [-0.25, -0.2) is 0 Å². The summed E-state index contributed by atoms with van der Waals surface area (Å²) in [6.45, 7) is 5.04. The molecule has 2 aromatic carbocycles. The molecule has 0 aliphatic heterocycles. The lowest BCUT2D eigenvalue weighted by atomic mass is 10.1. The van der Waals surface area contributed by atoms with Gasteiger partial charge in [0.2, 0.25) is 5.91 Å². The molecule has 0 aromatic heterocycles. The van der Waals surface area contributed by atoms with E-state index in [0.29, 0.717) is 29.9 Å². The number of rotatable bonds is 7. The van der Waals surface area contributed by atoms with Crippen molar-refractivity contribution in [3.8, 4) is 0 Å². The Balaban J connectivity index is 2.10. The van der Waals surface area contributed by atoms with Crippen molar-refractivity contribution < 1.29 is 14.4 Å². The molecule has 0 aliphatic carbocycles. The van der Waals surface area contributed by atoms with Gasteiger partial charge in [-0.2, -0.15) is 0 Å². The maximum atomic E-state index is 12.6. The summed E-state index contributed by atoms with van der Waals surface area (Å²) in [4.78, 5) is 38.2. The molecule has 0 fully saturated rings. The van der Waals surface area contributed by atoms with E-state index in [1.807, 2.05) is 13.8 Å². The van der Waals surface area contributed by atoms with Gasteiger partial charge in [0.05, 0.1) is 11.3 Å². The Morgan fingerprint density at radius 1 is 0.964 bits per heavy atom. The highest BCUT2D eigenvalue weighted by Gasteiger charge is 2.16. The van der Waals surface area contributed by atoms with Gasteiger partial charge in [-0.1, -0.05) is 24.3 Å². The molecule has 0 radical (unpaired) electrons. The fourth-order valence-corrected chi connectivity index (χ4v) is 2.70. The molecule has 146 valence electrons. The first kappa shape index (κ1) is 20.9. The van der Waals surface area contributed by atoms with Gasteiger partial charge in [0.15, 0.2) is 0 Å². The van der Waals surface area contributed by atoms with E-state index in [1.54, 1.807) is 66.6 Å². The van der Waals surface area contributed by atoms with Crippen molar-refractivity contribution in [3.05, 3.63) is 71.3 Å². The summed E-state index contributed by atoms with van der Waals surface area (Å²) in [7, 11) is 1.57. The van der Waals surface area contributed by atoms with Crippen LogP contribution in [0.25, 0.3) is 6.08 Å². The molecule has 2 N–H and O–H groups in total. The molecular formula is C22H25N3O3. The lowest BCUT2D eigenvalue weighted by Gasteiger charge is -2.20. The van der Waals surface area contributed by atoms with Crippen LogP contribution in [0.4, 0.5) is 5.69 Å². The molecule has 28 heavy (non-hydrogen) atoms. The lowest BCUT2D eigenvalue weighted by molar-refractivity contribution is -0.111. The first-order valence-corrected chi connectivity index (χ1v) is 9.19. The van der Waals surface area contributed by atoms with Crippen molar-refractivity contribution in [2.75, 3.05) is 25.5 Å². The first-order chi connectivity index (χ1) is 13.5. The number of carbonyl (C=O) groups excluding carboxylic acids is 3. The average Bonchev–Trinajstić information content (AvgIpc) is 2.73. The second kappa shape index (κ2) is 10.1. The maximum Gasteiger partial charge on any atom is 0.255 e. The number of amides is 3. The van der Waals surface area contributed by atoms with Crippen molar-refractivity contribution in [3.63, 3.8) is 0 Å². The van der Waals surface area contributed by atoms with Gasteiger partial charge in [-0.05, 0) is 49.8 Å². The summed E-state index contributed by atoms with van der Waals surface area (Å²) < 4.78 is 0. The summed E-state index contributed by atoms with van der Waals surface area (Å²) in [6.07, 6.45) is 3.05. The van der Waals surface area contributed by atoms with Gasteiger partial charge < -0.3 is 15.5 Å². The molecule has 0 bridgehead atoms. The number of nitrogens with one attached hydrogen (secondary N) is 2. The van der Waals surface area contributed by atoms with Gasteiger partial charge in [-0.15, -0.1) is 0 Å². The highest BCUT2D eigenvalue weighted by Crippen LogP contribution is 2.17. The van der Waals surface area contributed by atoms with E-state index in [2.05, 4.69) is 10.6 Å². The Hall–Kier alpha value is -3.41. The van der Waals surface area contributed by atoms with E-state index < -0.39 is 0 Å². The monoisotopic (exact) mass is 379 g/mol. The van der Waals surface area contributed by atoms with E-state index in [1.165, 1.54) is 6.08 Å². The number of carbonyl (C=O) groups is 3. The van der Waals surface area contributed by atoms with Crippen LogP contribution < -0.4 is 10.6 Å². The van der Waals surface area contributed by atoms with Gasteiger partial charge in [0.25, 0.3) is 11.8 Å². The smallest absolute Gasteiger partial charge is 0.255 e. The van der Waals surface area contributed by atoms with Crippen molar-refractivity contribution in [1.82, 2.24) is 10.2 Å². The SMILES string of the molecule is CCN(CC)C(=O)c1ccccc1NC(=O)C=Cc1ccc(C(=O)NC)cc1. The number of hydrogen-bond acceptors (Lipinski definition) is 3. The van der Waals surface area contributed by atoms with Crippen molar-refractivity contribution >= 4 is 29.5 Å². The Morgan fingerprint density at radius 2 is 1.61 bits per heavy atom. The van der Waals surface area contributed by atoms with Gasteiger partial charge in [0.1, 0.15) is 0 Å². The molecule has 0 atom stereocenters. The molecule has 2 aromatic rings. The number of hydrogen-bond donors (Lipinski definition) is 2. The number of anilines is 1. The molecule has 0 unspecified atom stereocenters. The molecule has 0 saturated heterocycles. The topological polar surface area (TPSA) is 78.5 Å². The van der Waals surface area contributed by atoms with Crippen LogP contribution in [0.2, 0.25) is 0 Å². The molecule has 0 aliphatic rings. The summed E-state index contributed by atoms with van der Waals surface area (Å²) in [5, 5.41) is 5.32. The van der Waals surface area contributed by atoms with Crippen LogP contribution in [0.5, 0.6) is 0 Å². The Morgan fingerprint density at radius 3 is 2.21 bits per heavy atom. The van der Waals surface area contributed by atoms with E-state index >= 15 is 0 Å². The fraction of sp³-hybridized carbons (Fsp3) is 0.227. The molecular weight excluding hydrogens is 354 g/mol. The molecule has 6 nitrogen and oxygen atoms in total. The van der Waals surface area contributed by atoms with Crippen LogP contribution in [0.15, 0.2) is 54.6 Å². The van der Waals surface area contributed by atoms with Gasteiger partial charge in [0, 0.05) is 31.8 Å². The maximum absolute atomic E-state index is 12.6. The quantitative estimate of drug-likeness (QED) is 0.725. The van der Waals surface area contributed by atoms with Gasteiger partial charge in [-0.3, -0.25) is 14.4 Å². The standard InChI is InChI=1S/C22H25N3O3/c1-4-25(5-2)22(28)18-8-6-7-9-19(18)24-20(26)15-12-16-10-13-17(14-11-16)21(27)23-3/h6-15H,4-5H2,1-3H3,(H,23,27)(H,24,26). The lowest BCUT2D eigenvalue weighted by Crippen LogP contribution is -2.31. The minimum atomic E-state index is -0.338. The summed E-state index contributed by atoms with van der Waals surface area (Å²) >= 11 is 0. The summed E-state index contributed by atoms with van der Waals surface area (Å²) in [5.41, 5.74) is 2.27. The summed E-state index contributed by atoms with van der Waals surface area (Å²) in [6, 6.07) is 13.9. The van der Waals surface area contributed by atoms with Crippen LogP contribution in [-0.4, -0.2) is 42.8 Å². The molecule has 0 spiro atoms. The van der Waals surface area contributed by atoms with Crippen LogP contribution in [0, 0.1) is 0 Å². The van der Waals surface area contributed by atoms with Crippen molar-refractivity contribution in [2.24, 2.45) is 0 Å². The van der Waals surface area contributed by atoms with Crippen LogP contribution in [0.1, 0.15) is 40.1 Å². The molecule has 2 rings (SSSR count). The zero-order valence-electron chi connectivity index (χ0n) is 16.4. The van der Waals surface area contributed by atoms with E-state index in [-0.39, 0.29) is 17.7 Å². The molecule has 6 heteroatoms. The predicted molar refractivity (Wildman–Crippen MR) is 111 cm³/mol. The summed E-state index contributed by atoms with van der Waals surface area (Å²) in [5.74, 6) is -0.618. The zero-order valence-corrected chi connectivity index (χ0v) is 16.4. The van der Waals surface area contributed by atoms with Crippen LogP contribution in [0.3, 0.4) is 0 Å². The average molecular weight is 379 g/mol. The second-order valence-corrected chi connectivity index (χ2v) is 6.05. The largest absolute Gasteiger partial charge is 0.355 e. The first-order valence-electron chi connectivity index (χ1n) is 9.19. The Bertz CT molecular complexity index is 869. The van der Waals surface area contributed by atoms with Crippen LogP contribution in [-0.2, 0) is 4.79 Å². The predicted octanol–water partition coefficient (Wildman–Crippen LogP) is 3.18. The number of para-hydroxylation sites is 1. The third-order valence-corrected chi connectivity index (χ3v) is 4.29. The Labute approximate surface area is 165 Å². The minimum Gasteiger partial charge on any atom is -0.355 e. The second-order valence-electron chi connectivity index (χ2n) is 6.05. The van der Waals surface area contributed by atoms with Gasteiger partial charge >= 0.3 is 0 Å². The third-order valence-electron chi connectivity index (χ3n) is 4.29. The Kier molecular flexibility index (Phi) is 7.51. The van der Waals surface area contributed by atoms with E-state index in [0.717, 1.165) is 5.56 Å². The normalized spacial score (nSPS) is 10.5. The van der Waals surface area contributed by atoms with Crippen LogP contribution >= 0.6 is 0 Å². The molecule has 0 saturated carbocycles. The van der Waals surface area contributed by atoms with E-state index in [4.69, 9.17) is 0 Å². The van der Waals surface area contributed by atoms with Crippen molar-refractivity contribution in [1.29, 1.82) is 0 Å². The minimum absolute atomic E-state index is 0.116. The zero-order chi connectivity index (χ0) is 20.5. The highest BCUT2D eigenvalue weighted by atomic mass is 16.2. The van der Waals surface area contributed by atoms with Crippen molar-refractivity contribution in [2.45, 2.75) is 13.8 Å². The third kappa shape index (κ3) is 5.30. The number of nitrogens with zero attached hydrogens (tertiary/aromatic N) is 1. The highest BCUT2D eigenvalue weighted by molar-refractivity contribution is 6.07. The molecule has 0 heterocycles.